The van der Waals surface area contributed by atoms with Gasteiger partial charge in [0.15, 0.2) is 0 Å². The van der Waals surface area contributed by atoms with Gasteiger partial charge in [-0.2, -0.15) is 5.26 Å². The molecule has 1 aliphatic rings. The van der Waals surface area contributed by atoms with Crippen LogP contribution in [-0.4, -0.2) is 24.5 Å². The van der Waals surface area contributed by atoms with Gasteiger partial charge in [0.2, 0.25) is 0 Å². The van der Waals surface area contributed by atoms with E-state index in [-0.39, 0.29) is 11.5 Å². The van der Waals surface area contributed by atoms with E-state index in [4.69, 9.17) is 5.26 Å². The van der Waals surface area contributed by atoms with Crippen LogP contribution < -0.4 is 10.6 Å². The normalized spacial score (nSPS) is 12.8. The van der Waals surface area contributed by atoms with E-state index < -0.39 is 6.03 Å². The van der Waals surface area contributed by atoms with Gasteiger partial charge < -0.3 is 15.5 Å². The molecule has 0 radical (unpaired) electrons. The van der Waals surface area contributed by atoms with Crippen molar-refractivity contribution in [1.29, 1.82) is 5.26 Å². The summed E-state index contributed by atoms with van der Waals surface area (Å²) in [5.74, 6) is -0.354. The van der Waals surface area contributed by atoms with E-state index in [1.54, 1.807) is 31.3 Å². The second-order valence-electron chi connectivity index (χ2n) is 6.09. The van der Waals surface area contributed by atoms with Gasteiger partial charge in [-0.1, -0.05) is 18.2 Å². The number of carbonyl (C=O) groups is 1. The highest BCUT2D eigenvalue weighted by molar-refractivity contribution is 5.89. The zero-order valence-electron chi connectivity index (χ0n) is 14.0. The van der Waals surface area contributed by atoms with Gasteiger partial charge in [-0.25, -0.2) is 9.18 Å². The number of anilines is 1. The van der Waals surface area contributed by atoms with Crippen LogP contribution in [0.1, 0.15) is 22.3 Å². The SMILES string of the molecule is CN(Cc1cccc(C#N)c1)C(=O)Nc1ccc2c(c1F)CCNC2. The maximum atomic E-state index is 14.6. The highest BCUT2D eigenvalue weighted by Crippen LogP contribution is 2.24. The van der Waals surface area contributed by atoms with Gasteiger partial charge >= 0.3 is 6.03 Å². The first-order chi connectivity index (χ1) is 12.1. The summed E-state index contributed by atoms with van der Waals surface area (Å²) < 4.78 is 14.6. The monoisotopic (exact) mass is 338 g/mol. The van der Waals surface area contributed by atoms with Gasteiger partial charge in [0.05, 0.1) is 17.3 Å². The van der Waals surface area contributed by atoms with Crippen molar-refractivity contribution in [3.8, 4) is 6.07 Å². The van der Waals surface area contributed by atoms with Crippen LogP contribution in [0.5, 0.6) is 0 Å². The summed E-state index contributed by atoms with van der Waals surface area (Å²) in [4.78, 5) is 13.8. The van der Waals surface area contributed by atoms with Gasteiger partial charge in [-0.05, 0) is 47.9 Å². The third-order valence-electron chi connectivity index (χ3n) is 4.27. The minimum atomic E-state index is -0.393. The summed E-state index contributed by atoms with van der Waals surface area (Å²) in [5.41, 5.74) is 3.18. The van der Waals surface area contributed by atoms with Crippen LogP contribution in [0.2, 0.25) is 0 Å². The predicted octanol–water partition coefficient (Wildman–Crippen LogP) is 3.01. The predicted molar refractivity (Wildman–Crippen MR) is 93.5 cm³/mol. The average molecular weight is 338 g/mol. The number of urea groups is 1. The first kappa shape index (κ1) is 16.9. The Morgan fingerprint density at radius 1 is 1.40 bits per heavy atom. The fourth-order valence-corrected chi connectivity index (χ4v) is 2.93. The summed E-state index contributed by atoms with van der Waals surface area (Å²) in [7, 11) is 1.63. The lowest BCUT2D eigenvalue weighted by Gasteiger charge is -2.21. The smallest absolute Gasteiger partial charge is 0.321 e. The molecule has 2 N–H and O–H groups in total. The Bertz CT molecular complexity index is 844. The Morgan fingerprint density at radius 2 is 2.24 bits per heavy atom. The third kappa shape index (κ3) is 3.78. The molecule has 5 nitrogen and oxygen atoms in total. The zero-order chi connectivity index (χ0) is 17.8. The lowest BCUT2D eigenvalue weighted by molar-refractivity contribution is 0.220. The summed E-state index contributed by atoms with van der Waals surface area (Å²) >= 11 is 0. The Balaban J connectivity index is 1.70. The Hall–Kier alpha value is -2.91. The number of hydrogen-bond donors (Lipinski definition) is 2. The Labute approximate surface area is 146 Å². The molecule has 0 spiro atoms. The average Bonchev–Trinajstić information content (AvgIpc) is 2.64. The summed E-state index contributed by atoms with van der Waals surface area (Å²) in [6.07, 6.45) is 0.613. The van der Waals surface area contributed by atoms with Crippen molar-refractivity contribution in [2.24, 2.45) is 0 Å². The zero-order valence-corrected chi connectivity index (χ0v) is 14.0. The van der Waals surface area contributed by atoms with E-state index in [1.165, 1.54) is 4.90 Å². The van der Waals surface area contributed by atoms with E-state index in [0.29, 0.717) is 30.6 Å². The highest BCUT2D eigenvalue weighted by Gasteiger charge is 2.18. The molecule has 0 atom stereocenters. The molecular weight excluding hydrogens is 319 g/mol. The molecule has 0 aliphatic carbocycles. The number of nitrogens with zero attached hydrogens (tertiary/aromatic N) is 2. The van der Waals surface area contributed by atoms with Gasteiger partial charge in [0.25, 0.3) is 0 Å². The number of nitrogens with one attached hydrogen (secondary N) is 2. The number of carbonyl (C=O) groups excluding carboxylic acids is 1. The molecule has 1 heterocycles. The van der Waals surface area contributed by atoms with Crippen LogP contribution in [0, 0.1) is 17.1 Å². The summed E-state index contributed by atoms with van der Waals surface area (Å²) in [6.45, 7) is 1.71. The van der Waals surface area contributed by atoms with Crippen molar-refractivity contribution in [3.05, 3.63) is 64.5 Å². The van der Waals surface area contributed by atoms with Gasteiger partial charge in [0.1, 0.15) is 5.82 Å². The van der Waals surface area contributed by atoms with E-state index in [0.717, 1.165) is 17.7 Å². The first-order valence-electron chi connectivity index (χ1n) is 8.10. The standard InChI is InChI=1S/C19H19FN4O/c1-24(12-14-4-2-3-13(9-14)10-21)19(25)23-17-6-5-15-11-22-8-7-16(15)18(17)20/h2-6,9,22H,7-8,11-12H2,1H3,(H,23,25). The molecule has 2 amide bonds. The molecule has 25 heavy (non-hydrogen) atoms. The molecule has 0 saturated heterocycles. The Kier molecular flexibility index (Phi) is 4.96. The minimum absolute atomic E-state index is 0.197. The van der Waals surface area contributed by atoms with Crippen molar-refractivity contribution in [1.82, 2.24) is 10.2 Å². The second-order valence-corrected chi connectivity index (χ2v) is 6.09. The number of benzene rings is 2. The molecular formula is C19H19FN4O. The second kappa shape index (κ2) is 7.32. The molecule has 1 aliphatic heterocycles. The molecule has 2 aromatic rings. The summed E-state index contributed by atoms with van der Waals surface area (Å²) in [6, 6.07) is 12.2. The van der Waals surface area contributed by atoms with E-state index in [1.807, 2.05) is 12.1 Å². The largest absolute Gasteiger partial charge is 0.323 e. The topological polar surface area (TPSA) is 68.2 Å². The maximum absolute atomic E-state index is 14.6. The number of nitriles is 1. The summed E-state index contributed by atoms with van der Waals surface area (Å²) in [5, 5.41) is 14.8. The van der Waals surface area contributed by atoms with Gasteiger partial charge in [0, 0.05) is 20.1 Å². The molecule has 0 unspecified atom stereocenters. The van der Waals surface area contributed by atoms with Crippen LogP contribution >= 0.6 is 0 Å². The number of amides is 2. The molecule has 0 saturated carbocycles. The molecule has 0 bridgehead atoms. The molecule has 0 fully saturated rings. The molecule has 128 valence electrons. The van der Waals surface area contributed by atoms with Crippen LogP contribution in [0.3, 0.4) is 0 Å². The number of rotatable bonds is 3. The molecule has 3 rings (SSSR count). The van der Waals surface area contributed by atoms with Crippen molar-refractivity contribution < 1.29 is 9.18 Å². The van der Waals surface area contributed by atoms with Crippen molar-refractivity contribution >= 4 is 11.7 Å². The van der Waals surface area contributed by atoms with Crippen LogP contribution in [-0.2, 0) is 19.5 Å². The molecule has 6 heteroatoms. The van der Waals surface area contributed by atoms with Gasteiger partial charge in [-0.15, -0.1) is 0 Å². The lowest BCUT2D eigenvalue weighted by atomic mass is 9.99. The fourth-order valence-electron chi connectivity index (χ4n) is 2.93. The van der Waals surface area contributed by atoms with Crippen LogP contribution in [0.15, 0.2) is 36.4 Å². The lowest BCUT2D eigenvalue weighted by Crippen LogP contribution is -2.31. The number of hydrogen-bond acceptors (Lipinski definition) is 3. The van der Waals surface area contributed by atoms with E-state index >= 15 is 0 Å². The number of halogens is 1. The van der Waals surface area contributed by atoms with Crippen molar-refractivity contribution in [2.75, 3.05) is 18.9 Å². The van der Waals surface area contributed by atoms with E-state index in [2.05, 4.69) is 16.7 Å². The third-order valence-corrected chi connectivity index (χ3v) is 4.27. The van der Waals surface area contributed by atoms with Crippen LogP contribution in [0.25, 0.3) is 0 Å². The minimum Gasteiger partial charge on any atom is -0.323 e. The molecule has 2 aromatic carbocycles. The van der Waals surface area contributed by atoms with Crippen molar-refractivity contribution in [2.45, 2.75) is 19.5 Å². The maximum Gasteiger partial charge on any atom is 0.321 e. The number of fused-ring (bicyclic) bond motifs is 1. The quantitative estimate of drug-likeness (QED) is 0.904. The van der Waals surface area contributed by atoms with Crippen LogP contribution in [0.4, 0.5) is 14.9 Å². The fraction of sp³-hybridized carbons (Fsp3) is 0.263. The first-order valence-corrected chi connectivity index (χ1v) is 8.10. The highest BCUT2D eigenvalue weighted by atomic mass is 19.1. The van der Waals surface area contributed by atoms with Crippen molar-refractivity contribution in [3.63, 3.8) is 0 Å². The van der Waals surface area contributed by atoms with E-state index in [9.17, 15) is 9.18 Å². The molecule has 0 aromatic heterocycles. The Morgan fingerprint density at radius 3 is 3.04 bits per heavy atom. The van der Waals surface area contributed by atoms with Gasteiger partial charge in [-0.3, -0.25) is 0 Å².